The fourth-order valence-electron chi connectivity index (χ4n) is 1.84. The molecule has 0 saturated heterocycles. The summed E-state index contributed by atoms with van der Waals surface area (Å²) in [5, 5.41) is 2.59. The van der Waals surface area contributed by atoms with Crippen LogP contribution < -0.4 is 5.32 Å². The maximum Gasteiger partial charge on any atom is 0.329 e. The Morgan fingerprint density at radius 2 is 1.95 bits per heavy atom. The Balaban J connectivity index is 2.60. The number of hydrogen-bond donors (Lipinski definition) is 1. The summed E-state index contributed by atoms with van der Waals surface area (Å²) >= 11 is 3.39. The molecule has 0 radical (unpaired) electrons. The number of halogens is 1. The van der Waals surface area contributed by atoms with Gasteiger partial charge in [-0.1, -0.05) is 28.1 Å². The third-order valence-corrected chi connectivity index (χ3v) is 3.25. The van der Waals surface area contributed by atoms with Gasteiger partial charge in [-0.05, 0) is 24.7 Å². The molecule has 1 unspecified atom stereocenters. The molecule has 0 saturated carbocycles. The van der Waals surface area contributed by atoms with Crippen molar-refractivity contribution in [1.29, 1.82) is 0 Å². The number of likely N-dealkylation sites (N-methyl/N-ethyl adjacent to an activating group) is 1. The van der Waals surface area contributed by atoms with Crippen molar-refractivity contribution < 1.29 is 14.3 Å². The van der Waals surface area contributed by atoms with E-state index in [1.165, 1.54) is 14.0 Å². The fourth-order valence-corrected chi connectivity index (χ4v) is 2.11. The minimum Gasteiger partial charge on any atom is -0.467 e. The summed E-state index contributed by atoms with van der Waals surface area (Å²) in [7, 11) is 3.20. The molecule has 6 heteroatoms. The highest BCUT2D eigenvalue weighted by Crippen LogP contribution is 2.12. The SMILES string of the molecule is COC(=O)C(CN(C)Cc1ccc(Br)cc1)NC(C)=O. The molecule has 0 aliphatic heterocycles. The van der Waals surface area contributed by atoms with Crippen molar-refractivity contribution in [3.05, 3.63) is 34.3 Å². The molecule has 0 aromatic heterocycles. The second-order valence-corrected chi connectivity index (χ2v) is 5.52. The van der Waals surface area contributed by atoms with E-state index >= 15 is 0 Å². The monoisotopic (exact) mass is 342 g/mol. The maximum atomic E-state index is 11.6. The number of hydrogen-bond acceptors (Lipinski definition) is 4. The van der Waals surface area contributed by atoms with Crippen molar-refractivity contribution in [2.45, 2.75) is 19.5 Å². The van der Waals surface area contributed by atoms with Crippen LogP contribution in [0.25, 0.3) is 0 Å². The van der Waals surface area contributed by atoms with E-state index in [0.717, 1.165) is 10.0 Å². The van der Waals surface area contributed by atoms with Crippen LogP contribution in [0.3, 0.4) is 0 Å². The molecule has 0 heterocycles. The number of rotatable bonds is 6. The van der Waals surface area contributed by atoms with Gasteiger partial charge in [0.15, 0.2) is 0 Å². The number of carbonyl (C=O) groups excluding carboxylic acids is 2. The number of benzene rings is 1. The first-order valence-corrected chi connectivity index (χ1v) is 6.99. The number of carbonyl (C=O) groups is 2. The van der Waals surface area contributed by atoms with Crippen LogP contribution in [-0.4, -0.2) is 43.5 Å². The van der Waals surface area contributed by atoms with Crippen molar-refractivity contribution in [1.82, 2.24) is 10.2 Å². The molecule has 1 atom stereocenters. The fraction of sp³-hybridized carbons (Fsp3) is 0.429. The first-order valence-electron chi connectivity index (χ1n) is 6.20. The molecule has 1 aromatic carbocycles. The van der Waals surface area contributed by atoms with Crippen LogP contribution >= 0.6 is 15.9 Å². The second kappa shape index (κ2) is 8.01. The van der Waals surface area contributed by atoms with Crippen molar-refractivity contribution in [2.75, 3.05) is 20.7 Å². The van der Waals surface area contributed by atoms with Gasteiger partial charge in [-0.25, -0.2) is 4.79 Å². The van der Waals surface area contributed by atoms with E-state index in [1.807, 2.05) is 36.2 Å². The highest BCUT2D eigenvalue weighted by Gasteiger charge is 2.21. The lowest BCUT2D eigenvalue weighted by Gasteiger charge is -2.23. The van der Waals surface area contributed by atoms with Gasteiger partial charge in [-0.15, -0.1) is 0 Å². The molecule has 1 aromatic rings. The molecular weight excluding hydrogens is 324 g/mol. The zero-order valence-corrected chi connectivity index (χ0v) is 13.4. The molecule has 0 bridgehead atoms. The average molecular weight is 343 g/mol. The molecule has 0 aliphatic carbocycles. The van der Waals surface area contributed by atoms with E-state index in [9.17, 15) is 9.59 Å². The Morgan fingerprint density at radius 3 is 2.45 bits per heavy atom. The predicted octanol–water partition coefficient (Wildman–Crippen LogP) is 1.56. The van der Waals surface area contributed by atoms with Gasteiger partial charge in [0.25, 0.3) is 0 Å². The summed E-state index contributed by atoms with van der Waals surface area (Å²) < 4.78 is 5.72. The van der Waals surface area contributed by atoms with Gasteiger partial charge in [0.05, 0.1) is 7.11 Å². The smallest absolute Gasteiger partial charge is 0.329 e. The predicted molar refractivity (Wildman–Crippen MR) is 80.1 cm³/mol. The standard InChI is InChI=1S/C14H19BrN2O3/c1-10(18)16-13(14(19)20-3)9-17(2)8-11-4-6-12(15)7-5-11/h4-7,13H,8-9H2,1-3H3,(H,16,18). The van der Waals surface area contributed by atoms with Gasteiger partial charge in [0.2, 0.25) is 5.91 Å². The molecule has 20 heavy (non-hydrogen) atoms. The zero-order valence-electron chi connectivity index (χ0n) is 11.9. The van der Waals surface area contributed by atoms with Crippen LogP contribution in [0.5, 0.6) is 0 Å². The number of nitrogens with zero attached hydrogens (tertiary/aromatic N) is 1. The average Bonchev–Trinajstić information content (AvgIpc) is 2.39. The number of esters is 1. The van der Waals surface area contributed by atoms with Gasteiger partial charge >= 0.3 is 5.97 Å². The molecule has 5 nitrogen and oxygen atoms in total. The van der Waals surface area contributed by atoms with Crippen molar-refractivity contribution in [3.63, 3.8) is 0 Å². The maximum absolute atomic E-state index is 11.6. The molecule has 0 spiro atoms. The van der Waals surface area contributed by atoms with Crippen LogP contribution in [0, 0.1) is 0 Å². The highest BCUT2D eigenvalue weighted by molar-refractivity contribution is 9.10. The summed E-state index contributed by atoms with van der Waals surface area (Å²) in [5.41, 5.74) is 1.13. The quantitative estimate of drug-likeness (QED) is 0.797. The summed E-state index contributed by atoms with van der Waals surface area (Å²) in [6, 6.07) is 7.29. The van der Waals surface area contributed by atoms with Crippen LogP contribution in [-0.2, 0) is 20.9 Å². The first-order chi connectivity index (χ1) is 9.42. The lowest BCUT2D eigenvalue weighted by Crippen LogP contribution is -2.47. The van der Waals surface area contributed by atoms with Crippen molar-refractivity contribution in [3.8, 4) is 0 Å². The third kappa shape index (κ3) is 5.71. The molecule has 110 valence electrons. The molecule has 1 N–H and O–H groups in total. The van der Waals surface area contributed by atoms with E-state index in [0.29, 0.717) is 13.1 Å². The Bertz CT molecular complexity index is 462. The minimum absolute atomic E-state index is 0.252. The summed E-state index contributed by atoms with van der Waals surface area (Å²) in [5.74, 6) is -0.694. The highest BCUT2D eigenvalue weighted by atomic mass is 79.9. The third-order valence-electron chi connectivity index (χ3n) is 2.72. The molecule has 0 aliphatic rings. The molecule has 0 fully saturated rings. The van der Waals surface area contributed by atoms with E-state index in [4.69, 9.17) is 4.74 Å². The topological polar surface area (TPSA) is 58.6 Å². The molecule has 1 amide bonds. The van der Waals surface area contributed by atoms with Crippen LogP contribution in [0.15, 0.2) is 28.7 Å². The minimum atomic E-state index is -0.655. The van der Waals surface area contributed by atoms with Gasteiger partial charge in [-0.3, -0.25) is 9.69 Å². The number of nitrogens with one attached hydrogen (secondary N) is 1. The normalized spacial score (nSPS) is 12.1. The largest absolute Gasteiger partial charge is 0.467 e. The van der Waals surface area contributed by atoms with Crippen molar-refractivity contribution >= 4 is 27.8 Å². The van der Waals surface area contributed by atoms with Gasteiger partial charge in [0, 0.05) is 24.5 Å². The summed E-state index contributed by atoms with van der Waals surface area (Å²) in [6.45, 7) is 2.45. The van der Waals surface area contributed by atoms with E-state index in [2.05, 4.69) is 21.2 Å². The summed E-state index contributed by atoms with van der Waals surface area (Å²) in [4.78, 5) is 24.7. The zero-order chi connectivity index (χ0) is 15.1. The number of ether oxygens (including phenoxy) is 1. The second-order valence-electron chi connectivity index (χ2n) is 4.60. The Morgan fingerprint density at radius 1 is 1.35 bits per heavy atom. The van der Waals surface area contributed by atoms with E-state index < -0.39 is 12.0 Å². The Hall–Kier alpha value is -1.40. The van der Waals surface area contributed by atoms with E-state index in [1.54, 1.807) is 0 Å². The van der Waals surface area contributed by atoms with Crippen molar-refractivity contribution in [2.24, 2.45) is 0 Å². The number of amides is 1. The Labute approximate surface area is 127 Å². The van der Waals surface area contributed by atoms with Gasteiger partial charge < -0.3 is 10.1 Å². The van der Waals surface area contributed by atoms with Gasteiger partial charge in [0.1, 0.15) is 6.04 Å². The van der Waals surface area contributed by atoms with Crippen LogP contribution in [0.1, 0.15) is 12.5 Å². The lowest BCUT2D eigenvalue weighted by atomic mass is 10.2. The first kappa shape index (κ1) is 16.7. The summed E-state index contributed by atoms with van der Waals surface area (Å²) in [6.07, 6.45) is 0. The van der Waals surface area contributed by atoms with E-state index in [-0.39, 0.29) is 5.91 Å². The molecular formula is C14H19BrN2O3. The van der Waals surface area contributed by atoms with Crippen LogP contribution in [0.4, 0.5) is 0 Å². The van der Waals surface area contributed by atoms with Gasteiger partial charge in [-0.2, -0.15) is 0 Å². The Kier molecular flexibility index (Phi) is 6.67. The molecule has 1 rings (SSSR count). The number of methoxy groups -OCH3 is 1. The lowest BCUT2D eigenvalue weighted by molar-refractivity contribution is -0.145. The van der Waals surface area contributed by atoms with Crippen LogP contribution in [0.2, 0.25) is 0 Å².